The molecule has 65 heavy (non-hydrogen) atoms. The number of rotatable bonds is 9. The smallest absolute Gasteiger partial charge is 0.478 e. The molecule has 2 amide bonds. The Bertz CT molecular complexity index is 2910. The maximum absolute atomic E-state index is 13.3. The number of fused-ring (bicyclic) bond motifs is 2. The average molecular weight is 911 g/mol. The van der Waals surface area contributed by atoms with Crippen LogP contribution in [0, 0.1) is 20.8 Å². The molecule has 0 atom stereocenters. The number of carboxylic acid groups (broad SMARTS) is 1. The van der Waals surface area contributed by atoms with Gasteiger partial charge in [0, 0.05) is 11.1 Å². The molecule has 17 heteroatoms. The summed E-state index contributed by atoms with van der Waals surface area (Å²) in [5, 5.41) is 15.0. The third-order valence-corrected chi connectivity index (χ3v) is 11.6. The van der Waals surface area contributed by atoms with Gasteiger partial charge in [-0.15, -0.1) is 30.0 Å². The number of benzene rings is 4. The maximum atomic E-state index is 13.3. The van der Waals surface area contributed by atoms with Gasteiger partial charge in [0.15, 0.2) is 23.0 Å². The van der Waals surface area contributed by atoms with Crippen molar-refractivity contribution < 1.29 is 56.0 Å². The van der Waals surface area contributed by atoms with Crippen molar-refractivity contribution in [3.63, 3.8) is 0 Å². The quantitative estimate of drug-likeness (QED) is 0.119. The normalized spacial score (nSPS) is 16.8. The maximum Gasteiger partial charge on any atom is 0.586 e. The van der Waals surface area contributed by atoms with Gasteiger partial charge in [0.2, 0.25) is 11.8 Å². The molecule has 4 heterocycles. The van der Waals surface area contributed by atoms with Crippen LogP contribution in [0.3, 0.4) is 0 Å². The van der Waals surface area contributed by atoms with Crippen molar-refractivity contribution in [2.24, 2.45) is 0 Å². The fourth-order valence-electron chi connectivity index (χ4n) is 7.88. The lowest BCUT2D eigenvalue weighted by Crippen LogP contribution is -2.28. The fourth-order valence-corrected chi connectivity index (χ4v) is 7.88. The summed E-state index contributed by atoms with van der Waals surface area (Å²) in [7, 11) is 0. The first-order chi connectivity index (χ1) is 30.4. The number of carbonyl (C=O) groups excluding carboxylic acids is 2. The minimum Gasteiger partial charge on any atom is -0.478 e. The summed E-state index contributed by atoms with van der Waals surface area (Å²) >= 11 is 0. The minimum atomic E-state index is -3.72. The number of anilines is 2. The predicted octanol–water partition coefficient (Wildman–Crippen LogP) is 10.5. The Kier molecular flexibility index (Phi) is 11.2. The summed E-state index contributed by atoms with van der Waals surface area (Å²) in [6.07, 6.45) is -5.07. The summed E-state index contributed by atoms with van der Waals surface area (Å²) < 4.78 is 71.3. The lowest BCUT2D eigenvalue weighted by atomic mass is 9.94. The van der Waals surface area contributed by atoms with Crippen LogP contribution in [0.2, 0.25) is 0 Å². The zero-order valence-corrected chi connectivity index (χ0v) is 35.7. The molecule has 4 aliphatic rings. The van der Waals surface area contributed by atoms with E-state index >= 15 is 0 Å². The van der Waals surface area contributed by atoms with E-state index in [1.165, 1.54) is 36.4 Å². The van der Waals surface area contributed by atoms with Crippen LogP contribution in [0.25, 0.3) is 22.5 Å². The summed E-state index contributed by atoms with van der Waals surface area (Å²) in [6, 6.07) is 30.4. The van der Waals surface area contributed by atoms with Crippen LogP contribution in [0.4, 0.5) is 29.2 Å². The first-order valence-electron chi connectivity index (χ1n) is 20.2. The highest BCUT2D eigenvalue weighted by atomic mass is 35.5. The number of hydrogen-bond acceptors (Lipinski definition) is 9. The topological polar surface area (TPSA) is 158 Å². The van der Waals surface area contributed by atoms with E-state index in [0.717, 1.165) is 27.9 Å². The van der Waals surface area contributed by atoms with Gasteiger partial charge in [0.05, 0.1) is 27.8 Å². The predicted molar refractivity (Wildman–Crippen MR) is 232 cm³/mol. The molecule has 2 aliphatic heterocycles. The van der Waals surface area contributed by atoms with Gasteiger partial charge < -0.3 is 34.7 Å². The number of ether oxygens (including phenoxy) is 4. The molecule has 6 aromatic rings. The van der Waals surface area contributed by atoms with Crippen LogP contribution in [-0.2, 0) is 20.4 Å². The second-order valence-electron chi connectivity index (χ2n) is 16.2. The number of nitrogens with zero attached hydrogens (tertiary/aromatic N) is 2. The molecule has 2 fully saturated rings. The lowest BCUT2D eigenvalue weighted by Gasteiger charge is -2.17. The van der Waals surface area contributed by atoms with Gasteiger partial charge in [0.25, 0.3) is 0 Å². The minimum absolute atomic E-state index is 0. The highest BCUT2D eigenvalue weighted by Gasteiger charge is 2.54. The molecule has 2 aromatic heterocycles. The molecule has 10 rings (SSSR count). The van der Waals surface area contributed by atoms with Gasteiger partial charge in [-0.25, -0.2) is 14.8 Å². The molecule has 4 aromatic carbocycles. The van der Waals surface area contributed by atoms with Gasteiger partial charge in [-0.1, -0.05) is 60.2 Å². The molecule has 2 aliphatic carbocycles. The molecular weight excluding hydrogens is 872 g/mol. The zero-order chi connectivity index (χ0) is 45.2. The van der Waals surface area contributed by atoms with E-state index in [-0.39, 0.29) is 52.8 Å². The van der Waals surface area contributed by atoms with Crippen molar-refractivity contribution in [1.29, 1.82) is 0 Å². The number of halogens is 5. The number of aryl methyl sites for hydroxylation is 3. The summed E-state index contributed by atoms with van der Waals surface area (Å²) in [6.45, 7) is 5.83. The Balaban J connectivity index is 0.000000175. The second kappa shape index (κ2) is 16.4. The number of pyridine rings is 2. The average Bonchev–Trinajstić information content (AvgIpc) is 4.18. The Morgan fingerprint density at radius 1 is 0.554 bits per heavy atom. The van der Waals surface area contributed by atoms with E-state index in [1.54, 1.807) is 42.5 Å². The van der Waals surface area contributed by atoms with Gasteiger partial charge in [0.1, 0.15) is 11.6 Å². The molecule has 12 nitrogen and oxygen atoms in total. The standard InChI is InChI=1S/C24H18F2N2O5.C24H20F2N2O3.ClH/c1-13-5-8-19(27-20(13)14-3-2-4-15(11-14)21(29)30)28-22(31)23(9-10-23)16-6-7-17-18(12-16)33-24(25,26)32-17;1-14-4-3-5-16(12-14)21-15(2)6-9-20(27-21)28-22(29)23(10-11-23)17-7-8-18-19(13-17)31-24(25,26)30-18;/h2-8,11-12H,9-10H2,1H3,(H,29,30)(H,27,28,31);3-9,12-13H,10-11H2,1-2H3,(H,27,28,29);1H. The van der Waals surface area contributed by atoms with E-state index in [1.807, 2.05) is 51.1 Å². The monoisotopic (exact) mass is 910 g/mol. The number of carboxylic acids is 1. The number of nitrogens with one attached hydrogen (secondary N) is 2. The first-order valence-corrected chi connectivity index (χ1v) is 20.2. The molecular formula is C48H39ClF4N4O8. The third-order valence-electron chi connectivity index (χ3n) is 11.6. The number of aromatic carboxylic acids is 1. The van der Waals surface area contributed by atoms with Gasteiger partial charge >= 0.3 is 18.6 Å². The lowest BCUT2D eigenvalue weighted by molar-refractivity contribution is -0.287. The van der Waals surface area contributed by atoms with E-state index in [9.17, 15) is 37.1 Å². The SMILES string of the molecule is Cc1ccc(NC(=O)C2(c3ccc4c(c3)OC(F)(F)O4)CC2)nc1-c1cccc(C(=O)O)c1.Cc1cccc(-c2nc(NC(=O)C3(c4ccc5c(c4)OC(F)(F)O5)CC3)ccc2C)c1.Cl. The summed E-state index contributed by atoms with van der Waals surface area (Å²) in [4.78, 5) is 46.8. The number of aromatic nitrogens is 2. The number of alkyl halides is 4. The molecule has 0 spiro atoms. The van der Waals surface area contributed by atoms with E-state index in [0.29, 0.717) is 59.7 Å². The molecule has 3 N–H and O–H groups in total. The van der Waals surface area contributed by atoms with Crippen LogP contribution >= 0.6 is 12.4 Å². The Hall–Kier alpha value is -7.20. The molecule has 0 bridgehead atoms. The zero-order valence-electron chi connectivity index (χ0n) is 34.8. The van der Waals surface area contributed by atoms with Crippen molar-refractivity contribution in [2.75, 3.05) is 10.6 Å². The Labute approximate surface area is 375 Å². The van der Waals surface area contributed by atoms with Gasteiger partial charge in [-0.3, -0.25) is 9.59 Å². The van der Waals surface area contributed by atoms with Gasteiger partial charge in [-0.05, 0) is 123 Å². The molecule has 0 unspecified atom stereocenters. The van der Waals surface area contributed by atoms with Crippen LogP contribution in [-0.4, -0.2) is 45.4 Å². The summed E-state index contributed by atoms with van der Waals surface area (Å²) in [5.74, 6) is -1.09. The third kappa shape index (κ3) is 8.85. The molecule has 0 saturated heterocycles. The number of carbonyl (C=O) groups is 3. The second-order valence-corrected chi connectivity index (χ2v) is 16.2. The first kappa shape index (κ1) is 44.4. The van der Waals surface area contributed by atoms with Crippen LogP contribution in [0.1, 0.15) is 63.9 Å². The van der Waals surface area contributed by atoms with E-state index in [2.05, 4.69) is 39.5 Å². The highest BCUT2D eigenvalue weighted by molar-refractivity contribution is 6.02. The van der Waals surface area contributed by atoms with E-state index in [4.69, 9.17) is 0 Å². The Morgan fingerprint density at radius 2 is 0.985 bits per heavy atom. The summed E-state index contributed by atoms with van der Waals surface area (Å²) in [5.41, 5.74) is 5.54. The van der Waals surface area contributed by atoms with Gasteiger partial charge in [-0.2, -0.15) is 0 Å². The van der Waals surface area contributed by atoms with Crippen molar-refractivity contribution >= 4 is 41.8 Å². The van der Waals surface area contributed by atoms with Crippen molar-refractivity contribution in [1.82, 2.24) is 9.97 Å². The molecule has 334 valence electrons. The van der Waals surface area contributed by atoms with Crippen LogP contribution < -0.4 is 29.6 Å². The fraction of sp³-hybridized carbons (Fsp3) is 0.229. The van der Waals surface area contributed by atoms with Crippen molar-refractivity contribution in [2.45, 2.75) is 69.9 Å². The van der Waals surface area contributed by atoms with Crippen molar-refractivity contribution in [3.8, 4) is 45.5 Å². The Morgan fingerprint density at radius 3 is 1.42 bits per heavy atom. The molecule has 0 radical (unpaired) electrons. The number of amides is 2. The number of hydrogen-bond donors (Lipinski definition) is 3. The highest BCUT2D eigenvalue weighted by Crippen LogP contribution is 2.53. The van der Waals surface area contributed by atoms with E-state index < -0.39 is 29.4 Å². The van der Waals surface area contributed by atoms with Crippen molar-refractivity contribution in [3.05, 3.63) is 143 Å². The molecule has 2 saturated carbocycles. The van der Waals surface area contributed by atoms with Crippen LogP contribution in [0.15, 0.2) is 109 Å². The van der Waals surface area contributed by atoms with Crippen LogP contribution in [0.5, 0.6) is 23.0 Å². The largest absolute Gasteiger partial charge is 0.586 e.